The number of nitrogens with zero attached hydrogens (tertiary/aromatic N) is 1. The fraction of sp³-hybridized carbons (Fsp3) is 0.611. The van der Waals surface area contributed by atoms with Crippen molar-refractivity contribution < 1.29 is 4.79 Å². The number of carbonyl (C=O) groups excluding carboxylic acids is 1. The topological polar surface area (TPSA) is 58.4 Å². The number of carbonyl (C=O) groups is 1. The van der Waals surface area contributed by atoms with Gasteiger partial charge in [0.15, 0.2) is 0 Å². The number of halogens is 2. The van der Waals surface area contributed by atoms with Gasteiger partial charge in [0, 0.05) is 49.3 Å². The zero-order valence-corrected chi connectivity index (χ0v) is 16.9. The van der Waals surface area contributed by atoms with Crippen molar-refractivity contribution in [2.45, 2.75) is 38.3 Å². The van der Waals surface area contributed by atoms with Gasteiger partial charge in [0.1, 0.15) is 0 Å². The van der Waals surface area contributed by atoms with Gasteiger partial charge in [-0.2, -0.15) is 11.8 Å². The van der Waals surface area contributed by atoms with Gasteiger partial charge in [-0.05, 0) is 30.4 Å². The Balaban J connectivity index is 0.00000156. The van der Waals surface area contributed by atoms with E-state index in [0.29, 0.717) is 12.3 Å². The third kappa shape index (κ3) is 6.65. The molecule has 25 heavy (non-hydrogen) atoms. The molecule has 1 saturated carbocycles. The van der Waals surface area contributed by atoms with E-state index in [1.165, 1.54) is 17.1 Å². The normalized spacial score (nSPS) is 23.4. The highest BCUT2D eigenvalue weighted by atomic mass is 35.5. The fourth-order valence-corrected chi connectivity index (χ4v) is 4.52. The minimum atomic E-state index is 0. The first-order chi connectivity index (χ1) is 11.2. The van der Waals surface area contributed by atoms with E-state index in [1.54, 1.807) is 0 Å². The lowest BCUT2D eigenvalue weighted by Crippen LogP contribution is -2.32. The lowest BCUT2D eigenvalue weighted by molar-refractivity contribution is -0.117. The van der Waals surface area contributed by atoms with Crippen molar-refractivity contribution in [2.24, 2.45) is 11.7 Å². The molecule has 2 atom stereocenters. The molecular formula is C18H29Cl2N3OS. The number of nitrogens with one attached hydrogen (secondary N) is 1. The first-order valence-electron chi connectivity index (χ1n) is 8.66. The average Bonchev–Trinajstić information content (AvgIpc) is 2.95. The lowest BCUT2D eigenvalue weighted by atomic mass is 9.99. The Morgan fingerprint density at radius 1 is 1.20 bits per heavy atom. The summed E-state index contributed by atoms with van der Waals surface area (Å²) in [4.78, 5) is 14.8. The van der Waals surface area contributed by atoms with E-state index in [1.807, 2.05) is 23.9 Å². The second-order valence-electron chi connectivity index (χ2n) is 6.65. The summed E-state index contributed by atoms with van der Waals surface area (Å²) in [5.74, 6) is 2.86. The van der Waals surface area contributed by atoms with Crippen LogP contribution >= 0.6 is 36.6 Å². The highest BCUT2D eigenvalue weighted by Gasteiger charge is 2.26. The molecule has 0 bridgehead atoms. The van der Waals surface area contributed by atoms with E-state index in [2.05, 4.69) is 22.3 Å². The maximum atomic E-state index is 12.4. The third-order valence-electron chi connectivity index (χ3n) is 4.95. The molecule has 1 aliphatic heterocycles. The molecule has 0 aromatic heterocycles. The van der Waals surface area contributed by atoms with Crippen LogP contribution in [0.1, 0.15) is 31.2 Å². The van der Waals surface area contributed by atoms with Crippen molar-refractivity contribution in [2.75, 3.05) is 29.9 Å². The van der Waals surface area contributed by atoms with Crippen LogP contribution in [0.25, 0.3) is 0 Å². The number of hydrogen-bond donors (Lipinski definition) is 2. The molecule has 0 radical (unpaired) electrons. The number of nitrogens with two attached hydrogens (primary N) is 1. The number of thioether (sulfide) groups is 1. The summed E-state index contributed by atoms with van der Waals surface area (Å²) in [6, 6.07) is 8.38. The second-order valence-corrected chi connectivity index (χ2v) is 7.88. The zero-order chi connectivity index (χ0) is 16.1. The summed E-state index contributed by atoms with van der Waals surface area (Å²) >= 11 is 2.02. The summed E-state index contributed by atoms with van der Waals surface area (Å²) in [5.41, 5.74) is 8.26. The quantitative estimate of drug-likeness (QED) is 0.786. The highest BCUT2D eigenvalue weighted by molar-refractivity contribution is 7.99. The predicted molar refractivity (Wildman–Crippen MR) is 112 cm³/mol. The Morgan fingerprint density at radius 3 is 2.60 bits per heavy atom. The summed E-state index contributed by atoms with van der Waals surface area (Å²) in [6.07, 6.45) is 3.85. The number of rotatable bonds is 5. The molecule has 1 aromatic rings. The van der Waals surface area contributed by atoms with Gasteiger partial charge in [-0.1, -0.05) is 24.6 Å². The van der Waals surface area contributed by atoms with E-state index in [9.17, 15) is 4.79 Å². The molecule has 3 rings (SSSR count). The molecule has 4 nitrogen and oxygen atoms in total. The zero-order valence-electron chi connectivity index (χ0n) is 14.5. The van der Waals surface area contributed by atoms with Gasteiger partial charge < -0.3 is 11.1 Å². The molecule has 2 fully saturated rings. The Morgan fingerprint density at radius 2 is 1.92 bits per heavy atom. The SMILES string of the molecule is Cl.Cl.N[C@@H]1CCC[C@H]1CC(=O)Nc1ccccc1CN1CCSCC1. The number of anilines is 1. The molecule has 1 heterocycles. The van der Waals surface area contributed by atoms with Gasteiger partial charge in [-0.25, -0.2) is 0 Å². The van der Waals surface area contributed by atoms with E-state index in [4.69, 9.17) is 5.73 Å². The first-order valence-corrected chi connectivity index (χ1v) is 9.81. The summed E-state index contributed by atoms with van der Waals surface area (Å²) in [6.45, 7) is 3.17. The molecular weight excluding hydrogens is 377 g/mol. The van der Waals surface area contributed by atoms with E-state index in [-0.39, 0.29) is 36.8 Å². The second kappa shape index (κ2) is 11.3. The van der Waals surface area contributed by atoms with E-state index >= 15 is 0 Å². The van der Waals surface area contributed by atoms with E-state index in [0.717, 1.165) is 44.6 Å². The minimum absolute atomic E-state index is 0. The standard InChI is InChI=1S/C18H27N3OS.2ClH/c19-16-6-3-5-14(16)12-18(22)20-17-7-2-1-4-15(17)13-21-8-10-23-11-9-21;;/h1-2,4,7,14,16H,3,5-6,8-13,19H2,(H,20,22);2*1H/t14-,16+;;/m0../s1. The summed E-state index contributed by atoms with van der Waals surface area (Å²) in [5, 5.41) is 3.12. The molecule has 0 unspecified atom stereocenters. The van der Waals surface area contributed by atoms with Gasteiger partial charge in [-0.15, -0.1) is 24.8 Å². The molecule has 142 valence electrons. The minimum Gasteiger partial charge on any atom is -0.327 e. The van der Waals surface area contributed by atoms with Crippen LogP contribution in [0.4, 0.5) is 5.69 Å². The van der Waals surface area contributed by atoms with E-state index < -0.39 is 0 Å². The highest BCUT2D eigenvalue weighted by Crippen LogP contribution is 2.27. The average molecular weight is 406 g/mol. The lowest BCUT2D eigenvalue weighted by Gasteiger charge is -2.27. The Bertz CT molecular complexity index is 541. The van der Waals surface area contributed by atoms with Crippen molar-refractivity contribution in [1.82, 2.24) is 4.90 Å². The molecule has 1 saturated heterocycles. The van der Waals surface area contributed by atoms with Crippen LogP contribution in [0.5, 0.6) is 0 Å². The summed E-state index contributed by atoms with van der Waals surface area (Å²) < 4.78 is 0. The predicted octanol–water partition coefficient (Wildman–Crippen LogP) is 3.54. The van der Waals surface area contributed by atoms with Crippen molar-refractivity contribution >= 4 is 48.2 Å². The smallest absolute Gasteiger partial charge is 0.224 e. The molecule has 1 aliphatic carbocycles. The Labute approximate surface area is 167 Å². The van der Waals surface area contributed by atoms with Gasteiger partial charge in [0.05, 0.1) is 0 Å². The van der Waals surface area contributed by atoms with Crippen molar-refractivity contribution in [3.63, 3.8) is 0 Å². The van der Waals surface area contributed by atoms with Crippen molar-refractivity contribution in [3.8, 4) is 0 Å². The molecule has 7 heteroatoms. The summed E-state index contributed by atoms with van der Waals surface area (Å²) in [7, 11) is 0. The van der Waals surface area contributed by atoms with Crippen molar-refractivity contribution in [3.05, 3.63) is 29.8 Å². The number of amides is 1. The molecule has 2 aliphatic rings. The largest absolute Gasteiger partial charge is 0.327 e. The maximum absolute atomic E-state index is 12.4. The first kappa shape index (κ1) is 22.6. The van der Waals surface area contributed by atoms with Crippen LogP contribution < -0.4 is 11.1 Å². The Hall–Kier alpha value is -0.460. The van der Waals surface area contributed by atoms with Gasteiger partial charge in [0.25, 0.3) is 0 Å². The molecule has 1 aromatic carbocycles. The Kier molecular flexibility index (Phi) is 10.2. The number of hydrogen-bond acceptors (Lipinski definition) is 4. The van der Waals surface area contributed by atoms with Crippen LogP contribution in [-0.4, -0.2) is 41.4 Å². The molecule has 3 N–H and O–H groups in total. The van der Waals surface area contributed by atoms with Crippen LogP contribution in [0, 0.1) is 5.92 Å². The monoisotopic (exact) mass is 405 g/mol. The third-order valence-corrected chi connectivity index (χ3v) is 5.90. The van der Waals surface area contributed by atoms with Crippen LogP contribution in [0.2, 0.25) is 0 Å². The van der Waals surface area contributed by atoms with Crippen LogP contribution in [-0.2, 0) is 11.3 Å². The molecule has 1 amide bonds. The van der Waals surface area contributed by atoms with Gasteiger partial charge >= 0.3 is 0 Å². The number of benzene rings is 1. The maximum Gasteiger partial charge on any atom is 0.224 e. The number of para-hydroxylation sites is 1. The van der Waals surface area contributed by atoms with Crippen molar-refractivity contribution in [1.29, 1.82) is 0 Å². The van der Waals surface area contributed by atoms with Crippen LogP contribution in [0.3, 0.4) is 0 Å². The van der Waals surface area contributed by atoms with Gasteiger partial charge in [0.2, 0.25) is 5.91 Å². The molecule has 0 spiro atoms. The van der Waals surface area contributed by atoms with Gasteiger partial charge in [-0.3, -0.25) is 9.69 Å². The fourth-order valence-electron chi connectivity index (χ4n) is 3.54. The van der Waals surface area contributed by atoms with Crippen LogP contribution in [0.15, 0.2) is 24.3 Å².